The van der Waals surface area contributed by atoms with Gasteiger partial charge < -0.3 is 15.0 Å². The molecular weight excluding hydrogens is 300 g/mol. The summed E-state index contributed by atoms with van der Waals surface area (Å²) in [6.45, 7) is 2.53. The van der Waals surface area contributed by atoms with Crippen LogP contribution in [0.4, 0.5) is 0 Å². The first-order valence-corrected chi connectivity index (χ1v) is 9.43. The Balaban J connectivity index is 1.40. The third-order valence-corrected chi connectivity index (χ3v) is 7.04. The molecule has 1 aromatic rings. The van der Waals surface area contributed by atoms with Crippen LogP contribution in [0.2, 0.25) is 0 Å². The zero-order valence-corrected chi connectivity index (χ0v) is 14.3. The molecule has 4 fully saturated rings. The summed E-state index contributed by atoms with van der Waals surface area (Å²) in [6.07, 6.45) is 4.14. The lowest BCUT2D eigenvalue weighted by Crippen LogP contribution is -2.49. The minimum absolute atomic E-state index is 0.0985. The van der Waals surface area contributed by atoms with E-state index in [0.29, 0.717) is 23.7 Å². The average molecular weight is 326 g/mol. The number of carbonyl (C=O) groups is 1. The lowest BCUT2D eigenvalue weighted by molar-refractivity contribution is -0.137. The molecule has 3 saturated carbocycles. The van der Waals surface area contributed by atoms with Crippen LogP contribution in [0.5, 0.6) is 5.75 Å². The van der Waals surface area contributed by atoms with Crippen LogP contribution < -0.4 is 10.1 Å². The molecule has 5 unspecified atom stereocenters. The van der Waals surface area contributed by atoms with Crippen LogP contribution in [-0.2, 0) is 4.79 Å². The molecule has 24 heavy (non-hydrogen) atoms. The molecule has 5 rings (SSSR count). The maximum Gasteiger partial charge on any atom is 0.226 e. The summed E-state index contributed by atoms with van der Waals surface area (Å²) in [7, 11) is 1.71. The first-order chi connectivity index (χ1) is 11.8. The summed E-state index contributed by atoms with van der Waals surface area (Å²) in [5.41, 5.74) is 1.13. The number of para-hydroxylation sites is 1. The third-order valence-electron chi connectivity index (χ3n) is 7.04. The number of rotatable bonds is 3. The van der Waals surface area contributed by atoms with Gasteiger partial charge in [-0.2, -0.15) is 0 Å². The lowest BCUT2D eigenvalue weighted by Gasteiger charge is -2.37. The van der Waals surface area contributed by atoms with Crippen molar-refractivity contribution < 1.29 is 9.53 Å². The van der Waals surface area contributed by atoms with Gasteiger partial charge in [-0.15, -0.1) is 0 Å². The van der Waals surface area contributed by atoms with E-state index in [2.05, 4.69) is 16.3 Å². The number of fused-ring (bicyclic) bond motifs is 5. The fourth-order valence-electron chi connectivity index (χ4n) is 6.03. The minimum Gasteiger partial charge on any atom is -0.496 e. The van der Waals surface area contributed by atoms with E-state index in [1.807, 2.05) is 18.2 Å². The number of piperazine rings is 1. The van der Waals surface area contributed by atoms with Gasteiger partial charge in [0.25, 0.3) is 0 Å². The van der Waals surface area contributed by atoms with Crippen molar-refractivity contribution in [3.05, 3.63) is 29.8 Å². The molecule has 3 aliphatic carbocycles. The topological polar surface area (TPSA) is 41.6 Å². The minimum atomic E-state index is 0.0985. The summed E-state index contributed by atoms with van der Waals surface area (Å²) in [4.78, 5) is 15.5. The van der Waals surface area contributed by atoms with Crippen molar-refractivity contribution in [1.29, 1.82) is 0 Å². The number of nitrogens with zero attached hydrogens (tertiary/aromatic N) is 1. The van der Waals surface area contributed by atoms with Gasteiger partial charge in [0.2, 0.25) is 5.91 Å². The molecular formula is C20H26N2O2. The fraction of sp³-hybridized carbons (Fsp3) is 0.650. The van der Waals surface area contributed by atoms with E-state index < -0.39 is 0 Å². The Morgan fingerprint density at radius 1 is 1.21 bits per heavy atom. The second kappa shape index (κ2) is 5.48. The SMILES string of the molecule is COc1ccccc1C1CNCCN1C(=O)C1C2C3CCC(C3)C12. The van der Waals surface area contributed by atoms with Crippen molar-refractivity contribution >= 4 is 5.91 Å². The Morgan fingerprint density at radius 3 is 2.71 bits per heavy atom. The smallest absolute Gasteiger partial charge is 0.226 e. The van der Waals surface area contributed by atoms with Gasteiger partial charge in [-0.05, 0) is 49.0 Å². The summed E-state index contributed by atoms with van der Waals surface area (Å²) in [6, 6.07) is 8.24. The molecule has 128 valence electrons. The molecule has 0 aromatic heterocycles. The highest BCUT2D eigenvalue weighted by molar-refractivity contribution is 5.83. The number of hydrogen-bond acceptors (Lipinski definition) is 3. The largest absolute Gasteiger partial charge is 0.496 e. The second-order valence-corrected chi connectivity index (χ2v) is 8.01. The monoisotopic (exact) mass is 326 g/mol. The van der Waals surface area contributed by atoms with Gasteiger partial charge in [-0.3, -0.25) is 4.79 Å². The van der Waals surface area contributed by atoms with Crippen LogP contribution in [0.15, 0.2) is 24.3 Å². The van der Waals surface area contributed by atoms with Crippen molar-refractivity contribution in [2.24, 2.45) is 29.6 Å². The van der Waals surface area contributed by atoms with Crippen LogP contribution in [0.3, 0.4) is 0 Å². The molecule has 1 heterocycles. The predicted octanol–water partition coefficient (Wildman–Crippen LogP) is 2.46. The van der Waals surface area contributed by atoms with E-state index in [9.17, 15) is 4.79 Å². The number of carbonyl (C=O) groups excluding carboxylic acids is 1. The van der Waals surface area contributed by atoms with E-state index >= 15 is 0 Å². The van der Waals surface area contributed by atoms with Gasteiger partial charge in [0.1, 0.15) is 5.75 Å². The van der Waals surface area contributed by atoms with E-state index in [1.165, 1.54) is 19.3 Å². The molecule has 1 saturated heterocycles. The van der Waals surface area contributed by atoms with Crippen molar-refractivity contribution in [3.63, 3.8) is 0 Å². The Hall–Kier alpha value is -1.55. The Kier molecular flexibility index (Phi) is 3.37. The van der Waals surface area contributed by atoms with Gasteiger partial charge in [-0.1, -0.05) is 18.2 Å². The maximum absolute atomic E-state index is 13.3. The first-order valence-electron chi connectivity index (χ1n) is 9.43. The molecule has 1 aliphatic heterocycles. The second-order valence-electron chi connectivity index (χ2n) is 8.01. The molecule has 0 radical (unpaired) electrons. The molecule has 2 bridgehead atoms. The normalized spacial score (nSPS) is 39.6. The highest BCUT2D eigenvalue weighted by Gasteiger charge is 2.68. The Labute approximate surface area is 143 Å². The van der Waals surface area contributed by atoms with Crippen LogP contribution in [0.1, 0.15) is 30.9 Å². The van der Waals surface area contributed by atoms with Crippen LogP contribution in [0.25, 0.3) is 0 Å². The van der Waals surface area contributed by atoms with Crippen molar-refractivity contribution in [1.82, 2.24) is 10.2 Å². The highest BCUT2D eigenvalue weighted by atomic mass is 16.5. The first kappa shape index (κ1) is 14.8. The number of hydrogen-bond donors (Lipinski definition) is 1. The van der Waals surface area contributed by atoms with Gasteiger partial charge in [0.05, 0.1) is 13.2 Å². The predicted molar refractivity (Wildman–Crippen MR) is 91.6 cm³/mol. The van der Waals surface area contributed by atoms with Crippen molar-refractivity contribution in [3.8, 4) is 5.75 Å². The molecule has 1 N–H and O–H groups in total. The molecule has 0 spiro atoms. The van der Waals surface area contributed by atoms with E-state index in [1.54, 1.807) is 7.11 Å². The maximum atomic E-state index is 13.3. The van der Waals surface area contributed by atoms with Gasteiger partial charge in [0, 0.05) is 31.1 Å². The number of ether oxygens (including phenoxy) is 1. The molecule has 5 atom stereocenters. The Morgan fingerprint density at radius 2 is 1.96 bits per heavy atom. The molecule has 4 aliphatic rings. The average Bonchev–Trinajstić information content (AvgIpc) is 3.07. The quantitative estimate of drug-likeness (QED) is 0.928. The van der Waals surface area contributed by atoms with Gasteiger partial charge >= 0.3 is 0 Å². The molecule has 1 aromatic carbocycles. The zero-order valence-electron chi connectivity index (χ0n) is 14.3. The van der Waals surface area contributed by atoms with Crippen LogP contribution in [-0.4, -0.2) is 37.6 Å². The molecule has 1 amide bonds. The standard InChI is InChI=1S/C20H26N2O2/c1-24-16-5-3-2-4-14(16)15-11-21-8-9-22(15)20(23)19-17-12-6-7-13(10-12)18(17)19/h2-5,12-13,15,17-19,21H,6-11H2,1H3. The Bertz CT molecular complexity index is 645. The van der Waals surface area contributed by atoms with Crippen LogP contribution in [0, 0.1) is 29.6 Å². The van der Waals surface area contributed by atoms with Crippen molar-refractivity contribution in [2.75, 3.05) is 26.7 Å². The number of nitrogens with one attached hydrogen (secondary N) is 1. The van der Waals surface area contributed by atoms with Gasteiger partial charge in [-0.25, -0.2) is 0 Å². The summed E-state index contributed by atoms with van der Waals surface area (Å²) < 4.78 is 5.56. The van der Waals surface area contributed by atoms with Gasteiger partial charge in [0.15, 0.2) is 0 Å². The fourth-order valence-corrected chi connectivity index (χ4v) is 6.03. The van der Waals surface area contributed by atoms with E-state index in [-0.39, 0.29) is 6.04 Å². The van der Waals surface area contributed by atoms with Crippen LogP contribution >= 0.6 is 0 Å². The van der Waals surface area contributed by atoms with E-state index in [4.69, 9.17) is 4.74 Å². The lowest BCUT2D eigenvalue weighted by atomic mass is 9.98. The summed E-state index contributed by atoms with van der Waals surface area (Å²) in [5.74, 6) is 4.75. The number of benzene rings is 1. The highest BCUT2D eigenvalue weighted by Crippen LogP contribution is 2.69. The summed E-state index contributed by atoms with van der Waals surface area (Å²) in [5, 5.41) is 3.46. The van der Waals surface area contributed by atoms with Crippen molar-refractivity contribution in [2.45, 2.75) is 25.3 Å². The number of amides is 1. The third kappa shape index (κ3) is 2.05. The molecule has 4 heteroatoms. The zero-order chi connectivity index (χ0) is 16.3. The summed E-state index contributed by atoms with van der Waals surface area (Å²) >= 11 is 0. The van der Waals surface area contributed by atoms with E-state index in [0.717, 1.165) is 42.8 Å². The molecule has 4 nitrogen and oxygen atoms in total. The number of methoxy groups -OCH3 is 1.